The number of carbonyl (C=O) groups is 1. The van der Waals surface area contributed by atoms with Crippen LogP contribution in [-0.2, 0) is 4.79 Å². The SMILES string of the molecule is CCC=C(C)C(=O)N(CC)CC. The van der Waals surface area contributed by atoms with Crippen LogP contribution in [0.1, 0.15) is 34.1 Å². The molecule has 0 fully saturated rings. The van der Waals surface area contributed by atoms with Crippen molar-refractivity contribution < 1.29 is 4.79 Å². The summed E-state index contributed by atoms with van der Waals surface area (Å²) in [5.74, 6) is 0.168. The molecule has 0 atom stereocenters. The molecule has 0 heterocycles. The van der Waals surface area contributed by atoms with Crippen LogP contribution in [0, 0.1) is 0 Å². The zero-order valence-corrected chi connectivity index (χ0v) is 8.55. The fourth-order valence-electron chi connectivity index (χ4n) is 1.15. The van der Waals surface area contributed by atoms with Crippen molar-refractivity contribution in [2.75, 3.05) is 13.1 Å². The summed E-state index contributed by atoms with van der Waals surface area (Å²) in [6, 6.07) is 0. The van der Waals surface area contributed by atoms with Crippen molar-refractivity contribution in [1.82, 2.24) is 4.90 Å². The molecule has 0 saturated heterocycles. The van der Waals surface area contributed by atoms with Crippen LogP contribution in [0.5, 0.6) is 0 Å². The summed E-state index contributed by atoms with van der Waals surface area (Å²) in [5.41, 5.74) is 0.862. The van der Waals surface area contributed by atoms with Gasteiger partial charge < -0.3 is 4.90 Å². The molecule has 0 aliphatic carbocycles. The van der Waals surface area contributed by atoms with Gasteiger partial charge >= 0.3 is 0 Å². The molecule has 1 amide bonds. The Hall–Kier alpha value is -0.790. The van der Waals surface area contributed by atoms with E-state index in [0.29, 0.717) is 0 Å². The number of likely N-dealkylation sites (N-methyl/N-ethyl adjacent to an activating group) is 1. The second-order valence-electron chi connectivity index (χ2n) is 2.77. The highest BCUT2D eigenvalue weighted by atomic mass is 16.2. The van der Waals surface area contributed by atoms with E-state index < -0.39 is 0 Å². The lowest BCUT2D eigenvalue weighted by molar-refractivity contribution is -0.126. The number of nitrogens with zero attached hydrogens (tertiary/aromatic N) is 1. The van der Waals surface area contributed by atoms with E-state index in [2.05, 4.69) is 0 Å². The molecule has 0 unspecified atom stereocenters. The fraction of sp³-hybridized carbons (Fsp3) is 0.700. The van der Waals surface area contributed by atoms with Gasteiger partial charge in [-0.1, -0.05) is 13.0 Å². The van der Waals surface area contributed by atoms with Gasteiger partial charge in [0.05, 0.1) is 0 Å². The molecule has 2 nitrogen and oxygen atoms in total. The Labute approximate surface area is 75.3 Å². The summed E-state index contributed by atoms with van der Waals surface area (Å²) in [7, 11) is 0. The van der Waals surface area contributed by atoms with Crippen molar-refractivity contribution >= 4 is 5.91 Å². The first kappa shape index (κ1) is 11.2. The quantitative estimate of drug-likeness (QED) is 0.591. The minimum Gasteiger partial charge on any atom is -0.340 e. The van der Waals surface area contributed by atoms with Crippen molar-refractivity contribution in [3.63, 3.8) is 0 Å². The molecule has 0 aromatic carbocycles. The van der Waals surface area contributed by atoms with Gasteiger partial charge in [-0.15, -0.1) is 0 Å². The van der Waals surface area contributed by atoms with E-state index in [1.165, 1.54) is 0 Å². The highest BCUT2D eigenvalue weighted by Gasteiger charge is 2.09. The number of rotatable bonds is 4. The van der Waals surface area contributed by atoms with Crippen LogP contribution in [0.4, 0.5) is 0 Å². The molecule has 0 aliphatic rings. The summed E-state index contributed by atoms with van der Waals surface area (Å²) in [5, 5.41) is 0. The van der Waals surface area contributed by atoms with Gasteiger partial charge in [0, 0.05) is 18.7 Å². The van der Waals surface area contributed by atoms with Crippen LogP contribution in [0.2, 0.25) is 0 Å². The Morgan fingerprint density at radius 2 is 1.75 bits per heavy atom. The number of carbonyl (C=O) groups excluding carboxylic acids is 1. The van der Waals surface area contributed by atoms with Crippen molar-refractivity contribution in [2.24, 2.45) is 0 Å². The summed E-state index contributed by atoms with van der Waals surface area (Å²) in [6.45, 7) is 9.51. The first-order valence-corrected chi connectivity index (χ1v) is 4.63. The molecular weight excluding hydrogens is 150 g/mol. The Kier molecular flexibility index (Phi) is 5.43. The van der Waals surface area contributed by atoms with Crippen LogP contribution in [0.3, 0.4) is 0 Å². The van der Waals surface area contributed by atoms with Crippen LogP contribution >= 0.6 is 0 Å². The second kappa shape index (κ2) is 5.81. The number of amides is 1. The Morgan fingerprint density at radius 3 is 2.08 bits per heavy atom. The molecule has 0 spiro atoms. The maximum atomic E-state index is 11.6. The third kappa shape index (κ3) is 3.07. The Bertz CT molecular complexity index is 169. The smallest absolute Gasteiger partial charge is 0.249 e. The summed E-state index contributed by atoms with van der Waals surface area (Å²) >= 11 is 0. The molecule has 0 radical (unpaired) electrons. The van der Waals surface area contributed by atoms with Gasteiger partial charge in [0.1, 0.15) is 0 Å². The minimum absolute atomic E-state index is 0.168. The van der Waals surface area contributed by atoms with Gasteiger partial charge in [0.2, 0.25) is 5.91 Å². The molecule has 12 heavy (non-hydrogen) atoms. The summed E-state index contributed by atoms with van der Waals surface area (Å²) in [4.78, 5) is 13.4. The molecule has 0 N–H and O–H groups in total. The van der Waals surface area contributed by atoms with Crippen molar-refractivity contribution in [2.45, 2.75) is 34.1 Å². The van der Waals surface area contributed by atoms with E-state index in [0.717, 1.165) is 25.1 Å². The maximum absolute atomic E-state index is 11.6. The van der Waals surface area contributed by atoms with Crippen LogP contribution in [0.15, 0.2) is 11.6 Å². The molecule has 70 valence electrons. The standard InChI is InChI=1S/C10H19NO/c1-5-8-9(4)10(12)11(6-2)7-3/h8H,5-7H2,1-4H3. The fourth-order valence-corrected chi connectivity index (χ4v) is 1.15. The van der Waals surface area contributed by atoms with E-state index in [1.807, 2.05) is 38.7 Å². The van der Waals surface area contributed by atoms with Crippen molar-refractivity contribution in [3.05, 3.63) is 11.6 Å². The monoisotopic (exact) mass is 169 g/mol. The molecule has 0 rings (SSSR count). The van der Waals surface area contributed by atoms with E-state index in [4.69, 9.17) is 0 Å². The predicted octanol–water partition coefficient (Wildman–Crippen LogP) is 2.21. The lowest BCUT2D eigenvalue weighted by Crippen LogP contribution is -2.30. The molecule has 0 aromatic rings. The highest BCUT2D eigenvalue weighted by molar-refractivity contribution is 5.92. The van der Waals surface area contributed by atoms with Gasteiger partial charge in [-0.25, -0.2) is 0 Å². The van der Waals surface area contributed by atoms with E-state index in [1.54, 1.807) is 0 Å². The van der Waals surface area contributed by atoms with Gasteiger partial charge in [0.25, 0.3) is 0 Å². The van der Waals surface area contributed by atoms with Crippen LogP contribution < -0.4 is 0 Å². The molecular formula is C10H19NO. The topological polar surface area (TPSA) is 20.3 Å². The maximum Gasteiger partial charge on any atom is 0.249 e. The zero-order chi connectivity index (χ0) is 9.56. The second-order valence-corrected chi connectivity index (χ2v) is 2.77. The first-order valence-electron chi connectivity index (χ1n) is 4.63. The predicted molar refractivity (Wildman–Crippen MR) is 52.0 cm³/mol. The molecule has 0 bridgehead atoms. The third-order valence-corrected chi connectivity index (χ3v) is 1.90. The lowest BCUT2D eigenvalue weighted by Gasteiger charge is -2.18. The van der Waals surface area contributed by atoms with Crippen LogP contribution in [-0.4, -0.2) is 23.9 Å². The molecule has 0 aliphatic heterocycles. The van der Waals surface area contributed by atoms with Crippen molar-refractivity contribution in [3.8, 4) is 0 Å². The molecule has 0 saturated carbocycles. The Morgan fingerprint density at radius 1 is 1.25 bits per heavy atom. The van der Waals surface area contributed by atoms with Crippen LogP contribution in [0.25, 0.3) is 0 Å². The number of hydrogen-bond acceptors (Lipinski definition) is 1. The zero-order valence-electron chi connectivity index (χ0n) is 8.55. The highest BCUT2D eigenvalue weighted by Crippen LogP contribution is 2.01. The minimum atomic E-state index is 0.168. The first-order chi connectivity index (χ1) is 5.67. The van der Waals surface area contributed by atoms with Gasteiger partial charge in [-0.2, -0.15) is 0 Å². The Balaban J connectivity index is 4.25. The number of allylic oxidation sites excluding steroid dienone is 1. The number of hydrogen-bond donors (Lipinski definition) is 0. The average Bonchev–Trinajstić information content (AvgIpc) is 2.07. The lowest BCUT2D eigenvalue weighted by atomic mass is 10.2. The van der Waals surface area contributed by atoms with Gasteiger partial charge in [-0.05, 0) is 27.2 Å². The molecule has 0 aromatic heterocycles. The van der Waals surface area contributed by atoms with E-state index in [9.17, 15) is 4.79 Å². The van der Waals surface area contributed by atoms with Gasteiger partial charge in [0.15, 0.2) is 0 Å². The van der Waals surface area contributed by atoms with Crippen molar-refractivity contribution in [1.29, 1.82) is 0 Å². The van der Waals surface area contributed by atoms with Gasteiger partial charge in [-0.3, -0.25) is 4.79 Å². The third-order valence-electron chi connectivity index (χ3n) is 1.90. The summed E-state index contributed by atoms with van der Waals surface area (Å²) < 4.78 is 0. The largest absolute Gasteiger partial charge is 0.340 e. The summed E-state index contributed by atoms with van der Waals surface area (Å²) in [6.07, 6.45) is 2.90. The molecule has 2 heteroatoms. The van der Waals surface area contributed by atoms with E-state index in [-0.39, 0.29) is 5.91 Å². The normalized spacial score (nSPS) is 11.5. The average molecular weight is 169 g/mol. The van der Waals surface area contributed by atoms with E-state index >= 15 is 0 Å².